The summed E-state index contributed by atoms with van der Waals surface area (Å²) in [6.07, 6.45) is 0.774. The fourth-order valence-corrected chi connectivity index (χ4v) is 2.97. The van der Waals surface area contributed by atoms with Gasteiger partial charge in [-0.1, -0.05) is 11.2 Å². The molecular weight excluding hydrogens is 338 g/mol. The highest BCUT2D eigenvalue weighted by molar-refractivity contribution is 9.10. The average Bonchev–Trinajstić information content (AvgIpc) is 2.49. The molecule has 1 fully saturated rings. The Hall–Kier alpha value is -1.60. The third-order valence-electron chi connectivity index (χ3n) is 3.75. The number of hydrogen-bond donors (Lipinski definition) is 3. The molecule has 1 heterocycles. The molecule has 1 aromatic rings. The largest absolute Gasteiger partial charge is 0.409 e. The second-order valence-electron chi connectivity index (χ2n) is 5.12. The van der Waals surface area contributed by atoms with Gasteiger partial charge in [-0.2, -0.15) is 0 Å². The smallest absolute Gasteiger partial charge is 0.238 e. The van der Waals surface area contributed by atoms with E-state index in [1.54, 1.807) is 0 Å². The predicted octanol–water partition coefficient (Wildman–Crippen LogP) is 2.24. The molecule has 0 aromatic heterocycles. The summed E-state index contributed by atoms with van der Waals surface area (Å²) in [4.78, 5) is 12.7. The molecule has 114 valence electrons. The Kier molecular flexibility index (Phi) is 4.84. The van der Waals surface area contributed by atoms with Gasteiger partial charge >= 0.3 is 0 Å². The number of amidine groups is 1. The summed E-state index contributed by atoms with van der Waals surface area (Å²) in [7, 11) is 0. The molecule has 0 bridgehead atoms. The summed E-state index contributed by atoms with van der Waals surface area (Å²) >= 11 is 3.42. The third-order valence-corrected chi connectivity index (χ3v) is 4.41. The van der Waals surface area contributed by atoms with E-state index in [1.807, 2.05) is 25.1 Å². The summed E-state index contributed by atoms with van der Waals surface area (Å²) < 4.78 is 6.07. The topological polar surface area (TPSA) is 96.9 Å². The van der Waals surface area contributed by atoms with Crippen LogP contribution >= 0.6 is 15.9 Å². The molecule has 1 aliphatic heterocycles. The van der Waals surface area contributed by atoms with Gasteiger partial charge in [-0.3, -0.25) is 4.79 Å². The minimum Gasteiger partial charge on any atom is -0.409 e. The van der Waals surface area contributed by atoms with Crippen LogP contribution in [0.4, 0.5) is 5.69 Å². The molecule has 0 aliphatic carbocycles. The van der Waals surface area contributed by atoms with E-state index in [-0.39, 0.29) is 11.7 Å². The highest BCUT2D eigenvalue weighted by Crippen LogP contribution is 2.33. The SMILES string of the molecule is Cc1ccc(NC(=O)C2(C(N)=NO)CCOCC2)c(Br)c1. The molecule has 2 rings (SSSR count). The van der Waals surface area contributed by atoms with Gasteiger partial charge in [0.25, 0.3) is 0 Å². The zero-order valence-electron chi connectivity index (χ0n) is 11.7. The van der Waals surface area contributed by atoms with Crippen LogP contribution in [-0.2, 0) is 9.53 Å². The van der Waals surface area contributed by atoms with E-state index in [1.165, 1.54) is 0 Å². The van der Waals surface area contributed by atoms with Crippen LogP contribution in [0.5, 0.6) is 0 Å². The van der Waals surface area contributed by atoms with Crippen molar-refractivity contribution >= 4 is 33.4 Å². The van der Waals surface area contributed by atoms with E-state index < -0.39 is 5.41 Å². The molecule has 0 spiro atoms. The Morgan fingerprint density at radius 3 is 2.71 bits per heavy atom. The summed E-state index contributed by atoms with van der Waals surface area (Å²) in [6, 6.07) is 5.63. The van der Waals surface area contributed by atoms with Crippen molar-refractivity contribution in [1.82, 2.24) is 0 Å². The Labute approximate surface area is 131 Å². The molecule has 0 saturated carbocycles. The summed E-state index contributed by atoms with van der Waals surface area (Å²) in [6.45, 7) is 2.77. The van der Waals surface area contributed by atoms with Gasteiger partial charge in [-0.25, -0.2) is 0 Å². The van der Waals surface area contributed by atoms with E-state index >= 15 is 0 Å². The molecule has 6 nitrogen and oxygen atoms in total. The maximum Gasteiger partial charge on any atom is 0.238 e. The molecule has 1 saturated heterocycles. The molecule has 7 heteroatoms. The van der Waals surface area contributed by atoms with Crippen LogP contribution in [0.3, 0.4) is 0 Å². The number of rotatable bonds is 3. The first-order chi connectivity index (χ1) is 9.99. The van der Waals surface area contributed by atoms with Gasteiger partial charge in [-0.05, 0) is 53.4 Å². The number of benzene rings is 1. The lowest BCUT2D eigenvalue weighted by molar-refractivity contribution is -0.126. The minimum atomic E-state index is -1.03. The zero-order valence-corrected chi connectivity index (χ0v) is 13.3. The summed E-state index contributed by atoms with van der Waals surface area (Å²) in [5, 5.41) is 14.9. The minimum absolute atomic E-state index is 0.0773. The molecule has 0 unspecified atom stereocenters. The van der Waals surface area contributed by atoms with Gasteiger partial charge in [0.1, 0.15) is 5.41 Å². The van der Waals surface area contributed by atoms with Crippen LogP contribution < -0.4 is 11.1 Å². The predicted molar refractivity (Wildman–Crippen MR) is 83.4 cm³/mol. The van der Waals surface area contributed by atoms with Crippen LogP contribution in [0.2, 0.25) is 0 Å². The molecular formula is C14H18BrN3O3. The number of aryl methyl sites for hydroxylation is 1. The van der Waals surface area contributed by atoms with Crippen molar-refractivity contribution < 1.29 is 14.7 Å². The van der Waals surface area contributed by atoms with Crippen molar-refractivity contribution in [1.29, 1.82) is 0 Å². The number of carbonyl (C=O) groups is 1. The molecule has 1 aromatic carbocycles. The van der Waals surface area contributed by atoms with Gasteiger partial charge in [0.15, 0.2) is 5.84 Å². The highest BCUT2D eigenvalue weighted by Gasteiger charge is 2.44. The first-order valence-electron chi connectivity index (χ1n) is 6.63. The molecule has 1 amide bonds. The second-order valence-corrected chi connectivity index (χ2v) is 5.97. The fraction of sp³-hybridized carbons (Fsp3) is 0.429. The molecule has 1 aliphatic rings. The lowest BCUT2D eigenvalue weighted by Gasteiger charge is -2.34. The number of anilines is 1. The van der Waals surface area contributed by atoms with Gasteiger partial charge in [0, 0.05) is 17.7 Å². The van der Waals surface area contributed by atoms with E-state index in [0.717, 1.165) is 10.0 Å². The molecule has 0 radical (unpaired) electrons. The molecule has 4 N–H and O–H groups in total. The van der Waals surface area contributed by atoms with Gasteiger partial charge < -0.3 is 21.0 Å². The second kappa shape index (κ2) is 6.44. The van der Waals surface area contributed by atoms with Crippen LogP contribution in [0.1, 0.15) is 18.4 Å². The monoisotopic (exact) mass is 355 g/mol. The number of halogens is 1. The number of ether oxygens (including phenoxy) is 1. The van der Waals surface area contributed by atoms with E-state index in [2.05, 4.69) is 26.4 Å². The lowest BCUT2D eigenvalue weighted by Crippen LogP contribution is -2.50. The van der Waals surface area contributed by atoms with Crippen LogP contribution in [-0.4, -0.2) is 30.2 Å². The van der Waals surface area contributed by atoms with Gasteiger partial charge in [0.2, 0.25) is 5.91 Å². The van der Waals surface area contributed by atoms with Crippen molar-refractivity contribution in [3.63, 3.8) is 0 Å². The number of carbonyl (C=O) groups excluding carboxylic acids is 1. The van der Waals surface area contributed by atoms with Crippen LogP contribution in [0.25, 0.3) is 0 Å². The maximum atomic E-state index is 12.7. The number of nitrogens with two attached hydrogens (primary N) is 1. The molecule has 21 heavy (non-hydrogen) atoms. The number of amides is 1. The fourth-order valence-electron chi connectivity index (χ4n) is 2.38. The Morgan fingerprint density at radius 1 is 1.48 bits per heavy atom. The van der Waals surface area contributed by atoms with E-state index in [4.69, 9.17) is 15.7 Å². The van der Waals surface area contributed by atoms with Gasteiger partial charge in [-0.15, -0.1) is 0 Å². The Bertz CT molecular complexity index is 569. The van der Waals surface area contributed by atoms with Crippen LogP contribution in [0, 0.1) is 12.3 Å². The lowest BCUT2D eigenvalue weighted by atomic mass is 9.78. The third kappa shape index (κ3) is 3.19. The number of nitrogens with zero attached hydrogens (tertiary/aromatic N) is 1. The summed E-state index contributed by atoms with van der Waals surface area (Å²) in [5.74, 6) is -0.364. The number of oxime groups is 1. The van der Waals surface area contributed by atoms with Crippen molar-refractivity contribution in [3.8, 4) is 0 Å². The highest BCUT2D eigenvalue weighted by atomic mass is 79.9. The standard InChI is InChI=1S/C14H18BrN3O3/c1-9-2-3-11(10(15)8-9)17-13(19)14(12(16)18-20)4-6-21-7-5-14/h2-3,8,20H,4-7H2,1H3,(H2,16,18)(H,17,19). The van der Waals surface area contributed by atoms with Crippen molar-refractivity contribution in [2.75, 3.05) is 18.5 Å². The Morgan fingerprint density at radius 2 is 2.14 bits per heavy atom. The zero-order chi connectivity index (χ0) is 15.5. The van der Waals surface area contributed by atoms with Crippen LogP contribution in [0.15, 0.2) is 27.8 Å². The normalized spacial score (nSPS) is 18.3. The van der Waals surface area contributed by atoms with Gasteiger partial charge in [0.05, 0.1) is 5.69 Å². The first kappa shape index (κ1) is 15.8. The van der Waals surface area contributed by atoms with E-state index in [0.29, 0.717) is 31.7 Å². The van der Waals surface area contributed by atoms with Crippen molar-refractivity contribution in [3.05, 3.63) is 28.2 Å². The van der Waals surface area contributed by atoms with Crippen molar-refractivity contribution in [2.45, 2.75) is 19.8 Å². The quantitative estimate of drug-likeness (QED) is 0.335. The van der Waals surface area contributed by atoms with Crippen molar-refractivity contribution in [2.24, 2.45) is 16.3 Å². The number of hydrogen-bond acceptors (Lipinski definition) is 4. The maximum absolute atomic E-state index is 12.7. The Balaban J connectivity index is 2.27. The average molecular weight is 356 g/mol. The summed E-state index contributed by atoms with van der Waals surface area (Å²) in [5.41, 5.74) is 6.48. The number of nitrogens with one attached hydrogen (secondary N) is 1. The van der Waals surface area contributed by atoms with E-state index in [9.17, 15) is 4.79 Å². The first-order valence-corrected chi connectivity index (χ1v) is 7.42. The molecule has 0 atom stereocenters.